The van der Waals surface area contributed by atoms with Crippen LogP contribution in [0.2, 0.25) is 0 Å². The van der Waals surface area contributed by atoms with Crippen molar-refractivity contribution in [2.24, 2.45) is 5.73 Å². The van der Waals surface area contributed by atoms with Crippen LogP contribution < -0.4 is 5.73 Å². The molecule has 90 valence electrons. The van der Waals surface area contributed by atoms with Gasteiger partial charge in [-0.1, -0.05) is 6.07 Å². The van der Waals surface area contributed by atoms with Crippen molar-refractivity contribution in [3.05, 3.63) is 51.1 Å². The number of aromatic nitrogens is 2. The van der Waals surface area contributed by atoms with Gasteiger partial charge in [0.2, 0.25) is 0 Å². The molecule has 2 aromatic rings. The number of aryl methyl sites for hydroxylation is 1. The summed E-state index contributed by atoms with van der Waals surface area (Å²) in [5.41, 5.74) is 8.01. The second-order valence-corrected chi connectivity index (χ2v) is 4.94. The van der Waals surface area contributed by atoms with Crippen LogP contribution in [-0.4, -0.2) is 9.78 Å². The summed E-state index contributed by atoms with van der Waals surface area (Å²) in [6.07, 6.45) is 3.68. The van der Waals surface area contributed by atoms with Gasteiger partial charge < -0.3 is 5.73 Å². The normalized spacial score (nSPS) is 12.7. The van der Waals surface area contributed by atoms with Gasteiger partial charge in [-0.25, -0.2) is 4.39 Å². The molecule has 0 fully saturated rings. The molecule has 17 heavy (non-hydrogen) atoms. The summed E-state index contributed by atoms with van der Waals surface area (Å²) in [5.74, 6) is -0.241. The molecule has 0 saturated carbocycles. The molecule has 1 heterocycles. The average molecular weight is 345 g/mol. The lowest BCUT2D eigenvalue weighted by atomic mass is 10.0. The second kappa shape index (κ2) is 5.14. The highest BCUT2D eigenvalue weighted by Gasteiger charge is 2.14. The predicted molar refractivity (Wildman–Crippen MR) is 73.0 cm³/mol. The Bertz CT molecular complexity index is 524. The summed E-state index contributed by atoms with van der Waals surface area (Å²) in [5, 5.41) is 4.19. The molecular formula is C12H13FIN3. The molecule has 1 aromatic carbocycles. The van der Waals surface area contributed by atoms with Crippen molar-refractivity contribution >= 4 is 22.6 Å². The van der Waals surface area contributed by atoms with Crippen molar-refractivity contribution in [3.8, 4) is 0 Å². The third kappa shape index (κ3) is 2.66. The molecule has 2 rings (SSSR count). The molecule has 1 atom stereocenters. The highest BCUT2D eigenvalue weighted by atomic mass is 127. The largest absolute Gasteiger partial charge is 0.320 e. The van der Waals surface area contributed by atoms with Crippen LogP contribution in [0.5, 0.6) is 0 Å². The van der Waals surface area contributed by atoms with E-state index in [0.717, 1.165) is 21.2 Å². The lowest BCUT2D eigenvalue weighted by molar-refractivity contribution is 0.625. The van der Waals surface area contributed by atoms with E-state index >= 15 is 0 Å². The molecule has 5 heteroatoms. The Balaban J connectivity index is 2.33. The lowest BCUT2D eigenvalue weighted by Gasteiger charge is -2.12. The van der Waals surface area contributed by atoms with E-state index < -0.39 is 0 Å². The van der Waals surface area contributed by atoms with Crippen molar-refractivity contribution in [1.29, 1.82) is 0 Å². The van der Waals surface area contributed by atoms with E-state index in [4.69, 9.17) is 5.73 Å². The van der Waals surface area contributed by atoms with Gasteiger partial charge in [-0.2, -0.15) is 5.10 Å². The van der Waals surface area contributed by atoms with Crippen LogP contribution in [0.15, 0.2) is 30.6 Å². The summed E-state index contributed by atoms with van der Waals surface area (Å²) < 4.78 is 15.7. The average Bonchev–Trinajstić information content (AvgIpc) is 2.76. The van der Waals surface area contributed by atoms with Gasteiger partial charge in [0, 0.05) is 21.9 Å². The molecule has 2 N–H and O–H groups in total. The number of hydrogen-bond acceptors (Lipinski definition) is 2. The molecule has 0 aliphatic heterocycles. The van der Waals surface area contributed by atoms with E-state index in [2.05, 4.69) is 27.7 Å². The van der Waals surface area contributed by atoms with Gasteiger partial charge in [-0.05, 0) is 47.2 Å². The zero-order chi connectivity index (χ0) is 12.4. The number of nitrogens with zero attached hydrogens (tertiary/aromatic N) is 2. The molecule has 0 radical (unpaired) electrons. The smallest absolute Gasteiger partial charge is 0.124 e. The highest BCUT2D eigenvalue weighted by molar-refractivity contribution is 14.1. The van der Waals surface area contributed by atoms with Gasteiger partial charge in [0.1, 0.15) is 5.82 Å². The Morgan fingerprint density at radius 2 is 2.29 bits per heavy atom. The van der Waals surface area contributed by atoms with E-state index in [1.54, 1.807) is 12.3 Å². The van der Waals surface area contributed by atoms with Crippen LogP contribution in [-0.2, 0) is 6.54 Å². The summed E-state index contributed by atoms with van der Waals surface area (Å²) in [6, 6.07) is 4.38. The second-order valence-electron chi connectivity index (χ2n) is 3.77. The van der Waals surface area contributed by atoms with E-state index in [1.807, 2.05) is 17.8 Å². The molecule has 0 bridgehead atoms. The first-order chi connectivity index (χ1) is 8.11. The molecular weight excluding hydrogens is 332 g/mol. The molecule has 0 amide bonds. The number of hydrogen-bond donors (Lipinski definition) is 1. The Morgan fingerprint density at radius 3 is 2.88 bits per heavy atom. The van der Waals surface area contributed by atoms with Crippen molar-refractivity contribution < 1.29 is 4.39 Å². The third-order valence-corrected chi connectivity index (χ3v) is 3.57. The fourth-order valence-corrected chi connectivity index (χ4v) is 2.46. The Morgan fingerprint density at radius 1 is 1.53 bits per heavy atom. The zero-order valence-electron chi connectivity index (χ0n) is 9.40. The molecule has 0 saturated heterocycles. The van der Waals surface area contributed by atoms with Gasteiger partial charge in [-0.15, -0.1) is 0 Å². The predicted octanol–water partition coefficient (Wildman–Crippen LogP) is 2.69. The van der Waals surface area contributed by atoms with Crippen LogP contribution in [0.25, 0.3) is 0 Å². The van der Waals surface area contributed by atoms with Gasteiger partial charge in [0.15, 0.2) is 0 Å². The molecule has 1 aromatic heterocycles. The maximum atomic E-state index is 13.0. The number of benzene rings is 1. The summed E-state index contributed by atoms with van der Waals surface area (Å²) >= 11 is 2.10. The van der Waals surface area contributed by atoms with Crippen molar-refractivity contribution in [3.63, 3.8) is 0 Å². The fraction of sp³-hybridized carbons (Fsp3) is 0.250. The van der Waals surface area contributed by atoms with Gasteiger partial charge in [0.25, 0.3) is 0 Å². The van der Waals surface area contributed by atoms with Gasteiger partial charge >= 0.3 is 0 Å². The number of nitrogens with two attached hydrogens (primary N) is 1. The first kappa shape index (κ1) is 12.5. The first-order valence-electron chi connectivity index (χ1n) is 5.34. The van der Waals surface area contributed by atoms with Crippen molar-refractivity contribution in [2.45, 2.75) is 19.5 Å². The number of halogens is 2. The molecule has 1 unspecified atom stereocenters. The maximum Gasteiger partial charge on any atom is 0.124 e. The minimum atomic E-state index is -0.261. The van der Waals surface area contributed by atoms with Crippen LogP contribution in [0.3, 0.4) is 0 Å². The van der Waals surface area contributed by atoms with Crippen LogP contribution in [0.1, 0.15) is 24.1 Å². The van der Waals surface area contributed by atoms with Gasteiger partial charge in [0.05, 0.1) is 12.2 Å². The topological polar surface area (TPSA) is 43.8 Å². The van der Waals surface area contributed by atoms with Crippen molar-refractivity contribution in [2.75, 3.05) is 0 Å². The minimum absolute atomic E-state index is 0.241. The SMILES string of the molecule is CCn1cc(C(N)c2ccc(F)cc2I)cn1. The van der Waals surface area contributed by atoms with E-state index in [-0.39, 0.29) is 11.9 Å². The van der Waals surface area contributed by atoms with Crippen LogP contribution >= 0.6 is 22.6 Å². The minimum Gasteiger partial charge on any atom is -0.320 e. The van der Waals surface area contributed by atoms with E-state index in [9.17, 15) is 4.39 Å². The quantitative estimate of drug-likeness (QED) is 0.870. The van der Waals surface area contributed by atoms with Crippen LogP contribution in [0, 0.1) is 9.39 Å². The molecule has 3 nitrogen and oxygen atoms in total. The monoisotopic (exact) mass is 345 g/mol. The first-order valence-corrected chi connectivity index (χ1v) is 6.42. The molecule has 0 aliphatic rings. The van der Waals surface area contributed by atoms with E-state index in [0.29, 0.717) is 0 Å². The van der Waals surface area contributed by atoms with Crippen LogP contribution in [0.4, 0.5) is 4.39 Å². The Labute approximate surface area is 113 Å². The summed E-state index contributed by atoms with van der Waals surface area (Å²) in [6.45, 7) is 2.83. The maximum absolute atomic E-state index is 13.0. The van der Waals surface area contributed by atoms with E-state index in [1.165, 1.54) is 12.1 Å². The van der Waals surface area contributed by atoms with Crippen molar-refractivity contribution in [1.82, 2.24) is 9.78 Å². The van der Waals surface area contributed by atoms with Gasteiger partial charge in [-0.3, -0.25) is 4.68 Å². The highest BCUT2D eigenvalue weighted by Crippen LogP contribution is 2.24. The molecule has 0 aliphatic carbocycles. The standard InChI is InChI=1S/C12H13FIN3/c1-2-17-7-8(6-16-17)12(15)10-4-3-9(13)5-11(10)14/h3-7,12H,2,15H2,1H3. The fourth-order valence-electron chi connectivity index (χ4n) is 1.65. The molecule has 0 spiro atoms. The Kier molecular flexibility index (Phi) is 3.78. The third-order valence-electron chi connectivity index (χ3n) is 2.63. The lowest BCUT2D eigenvalue weighted by Crippen LogP contribution is -2.12. The summed E-state index contributed by atoms with van der Waals surface area (Å²) in [7, 11) is 0. The number of rotatable bonds is 3. The summed E-state index contributed by atoms with van der Waals surface area (Å²) in [4.78, 5) is 0. The zero-order valence-corrected chi connectivity index (χ0v) is 11.6. The Hall–Kier alpha value is -0.950.